The lowest BCUT2D eigenvalue weighted by Gasteiger charge is -2.08. The summed E-state index contributed by atoms with van der Waals surface area (Å²) in [5.41, 5.74) is 1.92. The van der Waals surface area contributed by atoms with Gasteiger partial charge in [-0.25, -0.2) is 9.59 Å². The first-order chi connectivity index (χ1) is 12.6. The van der Waals surface area contributed by atoms with E-state index in [1.54, 1.807) is 36.4 Å². The predicted molar refractivity (Wildman–Crippen MR) is 97.1 cm³/mol. The highest BCUT2D eigenvalue weighted by Crippen LogP contribution is 2.29. The fraction of sp³-hybridized carbons (Fsp3) is 0.200. The number of hydrogen-bond acceptors (Lipinski definition) is 5. The van der Waals surface area contributed by atoms with Crippen molar-refractivity contribution in [2.45, 2.75) is 19.3 Å². The van der Waals surface area contributed by atoms with Crippen LogP contribution in [-0.2, 0) is 17.6 Å². The number of rotatable bonds is 4. The van der Waals surface area contributed by atoms with Crippen LogP contribution >= 0.6 is 11.6 Å². The predicted octanol–water partition coefficient (Wildman–Crippen LogP) is 3.92. The fourth-order valence-electron chi connectivity index (χ4n) is 3.19. The molecule has 0 bridgehead atoms. The van der Waals surface area contributed by atoms with Gasteiger partial charge in [-0.3, -0.25) is 0 Å². The van der Waals surface area contributed by atoms with E-state index in [1.807, 2.05) is 6.07 Å². The minimum Gasteiger partial charge on any atom is -0.482 e. The highest BCUT2D eigenvalue weighted by Gasteiger charge is 2.20. The van der Waals surface area contributed by atoms with Gasteiger partial charge in [0.25, 0.3) is 0 Å². The summed E-state index contributed by atoms with van der Waals surface area (Å²) in [6.07, 6.45) is 2.58. The lowest BCUT2D eigenvalue weighted by atomic mass is 10.1. The zero-order valence-corrected chi connectivity index (χ0v) is 14.5. The molecule has 4 rings (SSSR count). The Kier molecular flexibility index (Phi) is 4.39. The van der Waals surface area contributed by atoms with Crippen LogP contribution in [0.15, 0.2) is 51.7 Å². The van der Waals surface area contributed by atoms with Crippen molar-refractivity contribution in [2.24, 2.45) is 0 Å². The summed E-state index contributed by atoms with van der Waals surface area (Å²) in [4.78, 5) is 24.0. The zero-order chi connectivity index (χ0) is 18.1. The summed E-state index contributed by atoms with van der Waals surface area (Å²) >= 11 is 5.87. The summed E-state index contributed by atoms with van der Waals surface area (Å²) in [5.74, 6) is 0.223. The first-order valence-corrected chi connectivity index (χ1v) is 8.65. The van der Waals surface area contributed by atoms with Crippen LogP contribution in [0.3, 0.4) is 0 Å². The number of benzene rings is 2. The fourth-order valence-corrected chi connectivity index (χ4v) is 3.37. The summed E-state index contributed by atoms with van der Waals surface area (Å²) < 4.78 is 16.0. The van der Waals surface area contributed by atoms with Crippen LogP contribution in [0, 0.1) is 0 Å². The minimum atomic E-state index is -0.562. The van der Waals surface area contributed by atoms with Gasteiger partial charge in [0.2, 0.25) is 0 Å². The number of fused-ring (bicyclic) bond motifs is 3. The molecule has 0 saturated heterocycles. The van der Waals surface area contributed by atoms with E-state index in [4.69, 9.17) is 25.5 Å². The molecule has 0 atom stereocenters. The molecule has 26 heavy (non-hydrogen) atoms. The Morgan fingerprint density at radius 1 is 1.08 bits per heavy atom. The van der Waals surface area contributed by atoms with E-state index in [-0.39, 0.29) is 12.2 Å². The summed E-state index contributed by atoms with van der Waals surface area (Å²) in [6.45, 7) is -0.257. The molecule has 0 radical (unpaired) electrons. The van der Waals surface area contributed by atoms with Crippen LogP contribution in [0.25, 0.3) is 11.0 Å². The SMILES string of the molecule is O=C(COc1cccc(Cl)c1)Oc1ccc2c3c(c(=O)oc2c1)CCC3. The zero-order valence-electron chi connectivity index (χ0n) is 13.8. The molecule has 1 heterocycles. The highest BCUT2D eigenvalue weighted by molar-refractivity contribution is 6.30. The monoisotopic (exact) mass is 370 g/mol. The van der Waals surface area contributed by atoms with Crippen molar-refractivity contribution in [3.63, 3.8) is 0 Å². The lowest BCUT2D eigenvalue weighted by Crippen LogP contribution is -2.17. The summed E-state index contributed by atoms with van der Waals surface area (Å²) in [5, 5.41) is 1.42. The Morgan fingerprint density at radius 2 is 1.92 bits per heavy atom. The molecule has 1 aliphatic rings. The van der Waals surface area contributed by atoms with Gasteiger partial charge in [0.05, 0.1) is 0 Å². The molecule has 2 aromatic carbocycles. The van der Waals surface area contributed by atoms with Gasteiger partial charge in [-0.15, -0.1) is 0 Å². The Balaban J connectivity index is 1.49. The van der Waals surface area contributed by atoms with Crippen molar-refractivity contribution in [2.75, 3.05) is 6.61 Å². The van der Waals surface area contributed by atoms with Crippen molar-refractivity contribution in [1.29, 1.82) is 0 Å². The van der Waals surface area contributed by atoms with Crippen LogP contribution in [0.5, 0.6) is 11.5 Å². The smallest absolute Gasteiger partial charge is 0.349 e. The van der Waals surface area contributed by atoms with E-state index < -0.39 is 5.97 Å². The van der Waals surface area contributed by atoms with Crippen molar-refractivity contribution >= 4 is 28.5 Å². The molecular weight excluding hydrogens is 356 g/mol. The molecule has 0 unspecified atom stereocenters. The van der Waals surface area contributed by atoms with E-state index in [1.165, 1.54) is 0 Å². The van der Waals surface area contributed by atoms with Crippen molar-refractivity contribution in [1.82, 2.24) is 0 Å². The molecule has 0 amide bonds. The largest absolute Gasteiger partial charge is 0.482 e. The lowest BCUT2D eigenvalue weighted by molar-refractivity contribution is -0.136. The first kappa shape index (κ1) is 16.7. The maximum Gasteiger partial charge on any atom is 0.349 e. The van der Waals surface area contributed by atoms with Crippen molar-refractivity contribution in [3.05, 3.63) is 69.0 Å². The van der Waals surface area contributed by atoms with Gasteiger partial charge in [-0.1, -0.05) is 17.7 Å². The van der Waals surface area contributed by atoms with Gasteiger partial charge in [0, 0.05) is 22.0 Å². The molecule has 0 fully saturated rings. The third-order valence-corrected chi connectivity index (χ3v) is 4.56. The van der Waals surface area contributed by atoms with Gasteiger partial charge in [0.1, 0.15) is 17.1 Å². The van der Waals surface area contributed by atoms with Crippen LogP contribution in [-0.4, -0.2) is 12.6 Å². The van der Waals surface area contributed by atoms with Gasteiger partial charge < -0.3 is 13.9 Å². The van der Waals surface area contributed by atoms with Crippen molar-refractivity contribution in [3.8, 4) is 11.5 Å². The number of carbonyl (C=O) groups is 1. The van der Waals surface area contributed by atoms with Crippen LogP contribution < -0.4 is 15.1 Å². The number of ether oxygens (including phenoxy) is 2. The summed E-state index contributed by atoms with van der Waals surface area (Å²) in [7, 11) is 0. The average Bonchev–Trinajstić information content (AvgIpc) is 3.11. The second kappa shape index (κ2) is 6.84. The molecule has 1 aromatic heterocycles. The quantitative estimate of drug-likeness (QED) is 0.395. The summed E-state index contributed by atoms with van der Waals surface area (Å²) in [6, 6.07) is 11.8. The van der Waals surface area contributed by atoms with E-state index in [0.29, 0.717) is 22.1 Å². The molecule has 0 spiro atoms. The maximum absolute atomic E-state index is 12.0. The third-order valence-electron chi connectivity index (χ3n) is 4.33. The van der Waals surface area contributed by atoms with Crippen LogP contribution in [0.4, 0.5) is 0 Å². The van der Waals surface area contributed by atoms with Gasteiger partial charge >= 0.3 is 11.6 Å². The van der Waals surface area contributed by atoms with E-state index in [2.05, 4.69) is 0 Å². The second-order valence-electron chi connectivity index (χ2n) is 6.08. The normalized spacial score (nSPS) is 12.8. The topological polar surface area (TPSA) is 65.7 Å². The molecule has 6 heteroatoms. The van der Waals surface area contributed by atoms with E-state index >= 15 is 0 Å². The Hall–Kier alpha value is -2.79. The number of hydrogen-bond donors (Lipinski definition) is 0. The second-order valence-corrected chi connectivity index (χ2v) is 6.51. The van der Waals surface area contributed by atoms with Crippen LogP contribution in [0.2, 0.25) is 5.02 Å². The van der Waals surface area contributed by atoms with Crippen molar-refractivity contribution < 1.29 is 18.7 Å². The molecule has 0 saturated carbocycles. The maximum atomic E-state index is 12.0. The number of halogens is 1. The van der Waals surface area contributed by atoms with Gasteiger partial charge in [0.15, 0.2) is 6.61 Å². The molecule has 0 aliphatic heterocycles. The molecule has 132 valence electrons. The molecule has 5 nitrogen and oxygen atoms in total. The highest BCUT2D eigenvalue weighted by atomic mass is 35.5. The molecular formula is C20H15ClO5. The van der Waals surface area contributed by atoms with Gasteiger partial charge in [-0.2, -0.15) is 0 Å². The average molecular weight is 371 g/mol. The standard InChI is InChI=1S/C20H15ClO5/c21-12-3-1-4-13(9-12)24-11-19(22)25-14-7-8-16-15-5-2-6-17(15)20(23)26-18(16)10-14/h1,3-4,7-10H,2,5-6,11H2. The number of carbonyl (C=O) groups excluding carboxylic acids is 1. The molecule has 0 N–H and O–H groups in total. The Morgan fingerprint density at radius 3 is 2.77 bits per heavy atom. The van der Waals surface area contributed by atoms with Gasteiger partial charge in [-0.05, 0) is 55.2 Å². The number of esters is 1. The van der Waals surface area contributed by atoms with E-state index in [0.717, 1.165) is 35.8 Å². The molecule has 1 aliphatic carbocycles. The molecule has 3 aromatic rings. The first-order valence-electron chi connectivity index (χ1n) is 8.28. The minimum absolute atomic E-state index is 0.257. The Labute approximate surface area is 154 Å². The van der Waals surface area contributed by atoms with Crippen LogP contribution in [0.1, 0.15) is 17.5 Å². The van der Waals surface area contributed by atoms with E-state index in [9.17, 15) is 9.59 Å². The Bertz CT molecular complexity index is 1050. The number of aryl methyl sites for hydroxylation is 1. The third kappa shape index (κ3) is 3.30.